The third kappa shape index (κ3) is 2.04. The van der Waals surface area contributed by atoms with Crippen molar-refractivity contribution >= 4 is 28.9 Å². The molecule has 1 N–H and O–H groups in total. The maximum atomic E-state index is 12.3. The van der Waals surface area contributed by atoms with Gasteiger partial charge in [0.25, 0.3) is 5.91 Å². The molecule has 0 radical (unpaired) electrons. The van der Waals surface area contributed by atoms with E-state index >= 15 is 0 Å². The van der Waals surface area contributed by atoms with E-state index in [1.54, 1.807) is 0 Å². The van der Waals surface area contributed by atoms with E-state index < -0.39 is 0 Å². The Bertz CT molecular complexity index is 797. The van der Waals surface area contributed by atoms with Gasteiger partial charge in [-0.05, 0) is 36.6 Å². The summed E-state index contributed by atoms with van der Waals surface area (Å²) in [6.45, 7) is 0.703. The lowest BCUT2D eigenvalue weighted by Crippen LogP contribution is -2.29. The van der Waals surface area contributed by atoms with Crippen molar-refractivity contribution in [1.29, 1.82) is 0 Å². The predicted molar refractivity (Wildman–Crippen MR) is 88.4 cm³/mol. The van der Waals surface area contributed by atoms with Crippen LogP contribution in [0.4, 0.5) is 5.69 Å². The zero-order valence-corrected chi connectivity index (χ0v) is 12.7. The first kappa shape index (κ1) is 13.5. The lowest BCUT2D eigenvalue weighted by molar-refractivity contribution is 0.0949. The second-order valence-electron chi connectivity index (χ2n) is 5.67. The van der Waals surface area contributed by atoms with Crippen molar-refractivity contribution in [2.45, 2.75) is 18.8 Å². The molecule has 0 unspecified atom stereocenters. The third-order valence-electron chi connectivity index (χ3n) is 4.35. The van der Waals surface area contributed by atoms with Crippen LogP contribution in [-0.2, 0) is 0 Å². The standard InChI is InChI=1S/C18H15ClN2O/c19-14-8-2-1-5-11(14)17-12-7-4-10-20-18(22)13-6-3-9-15(21-17)16(12)13/h1-3,5-6,8-9,12H,4,7,10H2,(H,20,22)/t12-/m1/s1. The summed E-state index contributed by atoms with van der Waals surface area (Å²) in [5, 5.41) is 3.68. The van der Waals surface area contributed by atoms with Crippen LogP contribution in [0.1, 0.15) is 40.2 Å². The zero-order chi connectivity index (χ0) is 15.1. The van der Waals surface area contributed by atoms with Crippen molar-refractivity contribution in [3.63, 3.8) is 0 Å². The molecule has 2 aromatic carbocycles. The van der Waals surface area contributed by atoms with Gasteiger partial charge in [0.05, 0.1) is 11.4 Å². The molecule has 1 amide bonds. The van der Waals surface area contributed by atoms with Crippen LogP contribution < -0.4 is 5.32 Å². The Morgan fingerprint density at radius 3 is 2.77 bits per heavy atom. The molecule has 0 fully saturated rings. The fourth-order valence-corrected chi connectivity index (χ4v) is 3.59. The molecule has 4 rings (SSSR count). The molecule has 4 heteroatoms. The molecule has 2 aromatic rings. The maximum Gasteiger partial charge on any atom is 0.251 e. The molecule has 3 nitrogen and oxygen atoms in total. The zero-order valence-electron chi connectivity index (χ0n) is 12.0. The van der Waals surface area contributed by atoms with Gasteiger partial charge in [-0.15, -0.1) is 0 Å². The normalized spacial score (nSPS) is 19.8. The Kier molecular flexibility index (Phi) is 3.23. The van der Waals surface area contributed by atoms with E-state index in [1.165, 1.54) is 0 Å². The number of nitrogens with zero attached hydrogens (tertiary/aromatic N) is 1. The number of aliphatic imine (C=N–C) groups is 1. The molecule has 22 heavy (non-hydrogen) atoms. The molecule has 0 saturated carbocycles. The van der Waals surface area contributed by atoms with Gasteiger partial charge in [-0.2, -0.15) is 0 Å². The predicted octanol–water partition coefficient (Wildman–Crippen LogP) is 4.08. The second kappa shape index (κ2) is 5.25. The molecule has 0 aromatic heterocycles. The van der Waals surface area contributed by atoms with Gasteiger partial charge in [0, 0.05) is 28.6 Å². The second-order valence-corrected chi connectivity index (χ2v) is 6.07. The average molecular weight is 311 g/mol. The van der Waals surface area contributed by atoms with Crippen molar-refractivity contribution in [2.24, 2.45) is 4.99 Å². The molecule has 0 bridgehead atoms. The van der Waals surface area contributed by atoms with Gasteiger partial charge in [-0.1, -0.05) is 35.9 Å². The minimum atomic E-state index is -0.00263. The molecular formula is C18H15ClN2O. The summed E-state index contributed by atoms with van der Waals surface area (Å²) in [6, 6.07) is 13.5. The van der Waals surface area contributed by atoms with Crippen molar-refractivity contribution in [3.05, 3.63) is 64.2 Å². The van der Waals surface area contributed by atoms with Gasteiger partial charge in [0.15, 0.2) is 0 Å². The van der Waals surface area contributed by atoms with Gasteiger partial charge in [0.2, 0.25) is 0 Å². The Morgan fingerprint density at radius 2 is 1.91 bits per heavy atom. The van der Waals surface area contributed by atoms with Gasteiger partial charge < -0.3 is 5.32 Å². The van der Waals surface area contributed by atoms with E-state index in [0.29, 0.717) is 11.6 Å². The number of carbonyl (C=O) groups is 1. The highest BCUT2D eigenvalue weighted by atomic mass is 35.5. The van der Waals surface area contributed by atoms with Crippen LogP contribution in [0.5, 0.6) is 0 Å². The van der Waals surface area contributed by atoms with Crippen molar-refractivity contribution < 1.29 is 4.79 Å². The van der Waals surface area contributed by atoms with Gasteiger partial charge in [-0.25, -0.2) is 0 Å². The van der Waals surface area contributed by atoms with E-state index in [1.807, 2.05) is 42.5 Å². The van der Waals surface area contributed by atoms with Crippen LogP contribution >= 0.6 is 11.6 Å². The van der Waals surface area contributed by atoms with E-state index in [9.17, 15) is 4.79 Å². The molecule has 0 saturated heterocycles. The quantitative estimate of drug-likeness (QED) is 0.847. The summed E-state index contributed by atoms with van der Waals surface area (Å²) in [5.41, 5.74) is 4.65. The Labute approximate surface area is 134 Å². The smallest absolute Gasteiger partial charge is 0.251 e. The summed E-state index contributed by atoms with van der Waals surface area (Å²) >= 11 is 6.37. The Hall–Kier alpha value is -2.13. The van der Waals surface area contributed by atoms with Crippen molar-refractivity contribution in [1.82, 2.24) is 5.32 Å². The number of halogens is 1. The van der Waals surface area contributed by atoms with Crippen molar-refractivity contribution in [3.8, 4) is 0 Å². The number of benzene rings is 2. The highest BCUT2D eigenvalue weighted by molar-refractivity contribution is 6.35. The highest BCUT2D eigenvalue weighted by Crippen LogP contribution is 2.43. The third-order valence-corrected chi connectivity index (χ3v) is 4.68. The van der Waals surface area contributed by atoms with Crippen LogP contribution in [-0.4, -0.2) is 18.2 Å². The molecule has 2 aliphatic rings. The summed E-state index contributed by atoms with van der Waals surface area (Å²) in [6.07, 6.45) is 1.90. The molecule has 2 aliphatic heterocycles. The van der Waals surface area contributed by atoms with Crippen LogP contribution in [0.25, 0.3) is 0 Å². The molecular weight excluding hydrogens is 296 g/mol. The largest absolute Gasteiger partial charge is 0.352 e. The summed E-state index contributed by atoms with van der Waals surface area (Å²) < 4.78 is 0. The van der Waals surface area contributed by atoms with E-state index in [2.05, 4.69) is 5.32 Å². The maximum absolute atomic E-state index is 12.3. The number of amides is 1. The Morgan fingerprint density at radius 1 is 1.09 bits per heavy atom. The van der Waals surface area contributed by atoms with Crippen LogP contribution in [0, 0.1) is 0 Å². The lowest BCUT2D eigenvalue weighted by Gasteiger charge is -2.21. The monoisotopic (exact) mass is 310 g/mol. The van der Waals surface area contributed by atoms with Gasteiger partial charge >= 0.3 is 0 Å². The summed E-state index contributed by atoms with van der Waals surface area (Å²) in [7, 11) is 0. The molecule has 110 valence electrons. The van der Waals surface area contributed by atoms with E-state index in [0.717, 1.165) is 40.9 Å². The minimum absolute atomic E-state index is 0.00263. The number of hydrogen-bond acceptors (Lipinski definition) is 2. The lowest BCUT2D eigenvalue weighted by atomic mass is 9.84. The fourth-order valence-electron chi connectivity index (χ4n) is 3.36. The first-order valence-corrected chi connectivity index (χ1v) is 7.88. The molecule has 1 atom stereocenters. The van der Waals surface area contributed by atoms with Crippen LogP contribution in [0.15, 0.2) is 47.5 Å². The number of rotatable bonds is 1. The van der Waals surface area contributed by atoms with Gasteiger partial charge in [0.1, 0.15) is 0 Å². The molecule has 0 aliphatic carbocycles. The number of carbonyl (C=O) groups excluding carboxylic acids is 1. The topological polar surface area (TPSA) is 41.5 Å². The molecule has 2 heterocycles. The fraction of sp³-hybridized carbons (Fsp3) is 0.222. The Balaban J connectivity index is 1.90. The van der Waals surface area contributed by atoms with Crippen molar-refractivity contribution in [2.75, 3.05) is 6.54 Å². The molecule has 0 spiro atoms. The van der Waals surface area contributed by atoms with Gasteiger partial charge in [-0.3, -0.25) is 9.79 Å². The summed E-state index contributed by atoms with van der Waals surface area (Å²) in [4.78, 5) is 17.1. The first-order valence-electron chi connectivity index (χ1n) is 7.50. The highest BCUT2D eigenvalue weighted by Gasteiger charge is 2.33. The van der Waals surface area contributed by atoms with Crippen LogP contribution in [0.3, 0.4) is 0 Å². The number of nitrogens with one attached hydrogen (secondary N) is 1. The van der Waals surface area contributed by atoms with Crippen LogP contribution in [0.2, 0.25) is 5.02 Å². The first-order chi connectivity index (χ1) is 10.8. The summed E-state index contributed by atoms with van der Waals surface area (Å²) in [5.74, 6) is 0.148. The van der Waals surface area contributed by atoms with E-state index in [-0.39, 0.29) is 11.8 Å². The minimum Gasteiger partial charge on any atom is -0.352 e. The number of hydrogen-bond donors (Lipinski definition) is 1. The SMILES string of the molecule is O=C1NCCC[C@H]2C(c3ccccc3Cl)=Nc3cccc1c32. The average Bonchev–Trinajstić information content (AvgIpc) is 2.88. The van der Waals surface area contributed by atoms with E-state index in [4.69, 9.17) is 16.6 Å².